The van der Waals surface area contributed by atoms with E-state index in [1.165, 1.54) is 0 Å². The van der Waals surface area contributed by atoms with Crippen molar-refractivity contribution in [2.75, 3.05) is 0 Å². The van der Waals surface area contributed by atoms with Crippen molar-refractivity contribution in [3.05, 3.63) is 34.8 Å². The second-order valence-corrected chi connectivity index (χ2v) is 5.01. The molecule has 1 atom stereocenters. The van der Waals surface area contributed by atoms with Crippen LogP contribution in [-0.2, 0) is 17.8 Å². The van der Waals surface area contributed by atoms with E-state index < -0.39 is 0 Å². The highest BCUT2D eigenvalue weighted by molar-refractivity contribution is 7.71. The summed E-state index contributed by atoms with van der Waals surface area (Å²) < 4.78 is 7.21. The molecule has 6 nitrogen and oxygen atoms in total. The molecule has 2 aromatic rings. The molecule has 2 rings (SSSR count). The summed E-state index contributed by atoms with van der Waals surface area (Å²) in [6.45, 7) is 4.14. The van der Waals surface area contributed by atoms with E-state index in [9.17, 15) is 4.79 Å². The molecule has 108 valence electrons. The largest absolute Gasteiger partial charge is 0.472 e. The fourth-order valence-corrected chi connectivity index (χ4v) is 2.18. The number of nitrogens with zero attached hydrogens (tertiary/aromatic N) is 2. The maximum atomic E-state index is 12.1. The number of furan rings is 1. The van der Waals surface area contributed by atoms with Crippen molar-refractivity contribution in [1.82, 2.24) is 20.1 Å². The van der Waals surface area contributed by atoms with Gasteiger partial charge < -0.3 is 9.73 Å². The van der Waals surface area contributed by atoms with Crippen molar-refractivity contribution < 1.29 is 9.21 Å². The highest BCUT2D eigenvalue weighted by atomic mass is 32.1. The predicted octanol–water partition coefficient (Wildman–Crippen LogP) is 2.36. The van der Waals surface area contributed by atoms with Crippen LogP contribution in [0.1, 0.15) is 37.7 Å². The minimum absolute atomic E-state index is 0.100. The lowest BCUT2D eigenvalue weighted by atomic mass is 10.2. The molecule has 0 saturated carbocycles. The Labute approximate surface area is 122 Å². The lowest BCUT2D eigenvalue weighted by Gasteiger charge is -2.13. The van der Waals surface area contributed by atoms with Gasteiger partial charge in [-0.15, -0.1) is 0 Å². The molecule has 7 heteroatoms. The van der Waals surface area contributed by atoms with Crippen LogP contribution in [0.5, 0.6) is 0 Å². The zero-order chi connectivity index (χ0) is 14.5. The van der Waals surface area contributed by atoms with E-state index >= 15 is 0 Å². The van der Waals surface area contributed by atoms with Gasteiger partial charge in [0.25, 0.3) is 0 Å². The second kappa shape index (κ2) is 6.51. The van der Waals surface area contributed by atoms with Crippen molar-refractivity contribution in [3.8, 4) is 0 Å². The Morgan fingerprint density at radius 2 is 2.45 bits per heavy atom. The SMILES string of the molecule is CCCc1n[nH]c(=S)n1CC(=O)N[C@H](C)c1ccoc1. The maximum Gasteiger partial charge on any atom is 0.240 e. The van der Waals surface area contributed by atoms with Gasteiger partial charge in [0.05, 0.1) is 18.6 Å². The number of aromatic nitrogens is 3. The summed E-state index contributed by atoms with van der Waals surface area (Å²) in [5.41, 5.74) is 0.933. The quantitative estimate of drug-likeness (QED) is 0.802. The van der Waals surface area contributed by atoms with E-state index in [-0.39, 0.29) is 18.5 Å². The topological polar surface area (TPSA) is 75.8 Å². The average molecular weight is 294 g/mol. The Morgan fingerprint density at radius 1 is 1.65 bits per heavy atom. The number of hydrogen-bond donors (Lipinski definition) is 2. The zero-order valence-corrected chi connectivity index (χ0v) is 12.4. The van der Waals surface area contributed by atoms with Crippen LogP contribution in [0.25, 0.3) is 0 Å². The lowest BCUT2D eigenvalue weighted by Crippen LogP contribution is -2.30. The van der Waals surface area contributed by atoms with E-state index in [4.69, 9.17) is 16.6 Å². The Balaban J connectivity index is 2.01. The van der Waals surface area contributed by atoms with Gasteiger partial charge >= 0.3 is 0 Å². The summed E-state index contributed by atoms with van der Waals surface area (Å²) in [6.07, 6.45) is 4.95. The van der Waals surface area contributed by atoms with Crippen molar-refractivity contribution >= 4 is 18.1 Å². The van der Waals surface area contributed by atoms with Crippen molar-refractivity contribution in [3.63, 3.8) is 0 Å². The number of aromatic amines is 1. The Hall–Kier alpha value is -1.89. The molecular weight excluding hydrogens is 276 g/mol. The highest BCUT2D eigenvalue weighted by Crippen LogP contribution is 2.12. The first-order chi connectivity index (χ1) is 9.61. The summed E-state index contributed by atoms with van der Waals surface area (Å²) in [7, 11) is 0. The molecule has 0 saturated heterocycles. The molecule has 2 heterocycles. The van der Waals surface area contributed by atoms with Crippen LogP contribution in [0, 0.1) is 4.77 Å². The summed E-state index contributed by atoms with van der Waals surface area (Å²) >= 11 is 5.15. The number of hydrogen-bond acceptors (Lipinski definition) is 4. The van der Waals surface area contributed by atoms with Crippen LogP contribution in [0.15, 0.2) is 23.0 Å². The Morgan fingerprint density at radius 3 is 3.10 bits per heavy atom. The van der Waals surface area contributed by atoms with E-state index in [1.807, 2.05) is 13.0 Å². The summed E-state index contributed by atoms with van der Waals surface area (Å²) in [5, 5.41) is 9.78. The predicted molar refractivity (Wildman–Crippen MR) is 76.7 cm³/mol. The third-order valence-electron chi connectivity index (χ3n) is 3.03. The summed E-state index contributed by atoms with van der Waals surface area (Å²) in [4.78, 5) is 12.1. The molecule has 0 bridgehead atoms. The van der Waals surface area contributed by atoms with E-state index in [1.54, 1.807) is 17.1 Å². The van der Waals surface area contributed by atoms with Gasteiger partial charge in [0.2, 0.25) is 5.91 Å². The fourth-order valence-electron chi connectivity index (χ4n) is 1.96. The van der Waals surface area contributed by atoms with Crippen LogP contribution < -0.4 is 5.32 Å². The fraction of sp³-hybridized carbons (Fsp3) is 0.462. The highest BCUT2D eigenvalue weighted by Gasteiger charge is 2.13. The van der Waals surface area contributed by atoms with Crippen molar-refractivity contribution in [1.29, 1.82) is 0 Å². The van der Waals surface area contributed by atoms with Crippen LogP contribution in [0.2, 0.25) is 0 Å². The van der Waals surface area contributed by atoms with E-state index in [2.05, 4.69) is 22.4 Å². The summed E-state index contributed by atoms with van der Waals surface area (Å²) in [6, 6.07) is 1.73. The lowest BCUT2D eigenvalue weighted by molar-refractivity contribution is -0.122. The second-order valence-electron chi connectivity index (χ2n) is 4.63. The molecule has 0 spiro atoms. The molecule has 0 radical (unpaired) electrons. The third-order valence-corrected chi connectivity index (χ3v) is 3.35. The first-order valence-electron chi connectivity index (χ1n) is 6.57. The molecule has 1 amide bonds. The minimum Gasteiger partial charge on any atom is -0.472 e. The van der Waals surface area contributed by atoms with Gasteiger partial charge in [0.15, 0.2) is 4.77 Å². The number of nitrogens with one attached hydrogen (secondary N) is 2. The monoisotopic (exact) mass is 294 g/mol. The van der Waals surface area contributed by atoms with Gasteiger partial charge in [0, 0.05) is 12.0 Å². The van der Waals surface area contributed by atoms with Gasteiger partial charge in [-0.05, 0) is 31.6 Å². The smallest absolute Gasteiger partial charge is 0.240 e. The van der Waals surface area contributed by atoms with Crippen LogP contribution in [-0.4, -0.2) is 20.7 Å². The molecule has 0 aliphatic heterocycles. The van der Waals surface area contributed by atoms with Gasteiger partial charge in [0.1, 0.15) is 12.4 Å². The Bertz CT molecular complexity index is 615. The zero-order valence-electron chi connectivity index (χ0n) is 11.5. The normalized spacial score (nSPS) is 12.3. The van der Waals surface area contributed by atoms with E-state index in [0.717, 1.165) is 24.2 Å². The number of aryl methyl sites for hydroxylation is 1. The van der Waals surface area contributed by atoms with E-state index in [0.29, 0.717) is 4.77 Å². The van der Waals surface area contributed by atoms with Crippen LogP contribution >= 0.6 is 12.2 Å². The van der Waals surface area contributed by atoms with Crippen molar-refractivity contribution in [2.24, 2.45) is 0 Å². The minimum atomic E-state index is -0.103. The van der Waals surface area contributed by atoms with Gasteiger partial charge in [-0.2, -0.15) is 5.10 Å². The molecule has 0 unspecified atom stereocenters. The van der Waals surface area contributed by atoms with Gasteiger partial charge in [-0.3, -0.25) is 14.5 Å². The molecule has 2 N–H and O–H groups in total. The first kappa shape index (κ1) is 14.5. The Kier molecular flexibility index (Phi) is 4.73. The molecular formula is C13H18N4O2S. The number of amides is 1. The number of carbonyl (C=O) groups is 1. The molecule has 20 heavy (non-hydrogen) atoms. The average Bonchev–Trinajstić information content (AvgIpc) is 3.04. The van der Waals surface area contributed by atoms with Gasteiger partial charge in [-0.25, -0.2) is 0 Å². The first-order valence-corrected chi connectivity index (χ1v) is 6.98. The molecule has 0 aromatic carbocycles. The molecule has 0 fully saturated rings. The van der Waals surface area contributed by atoms with Gasteiger partial charge in [-0.1, -0.05) is 6.92 Å². The summed E-state index contributed by atoms with van der Waals surface area (Å²) in [5.74, 6) is 0.706. The third kappa shape index (κ3) is 3.36. The molecule has 2 aromatic heterocycles. The van der Waals surface area contributed by atoms with Crippen LogP contribution in [0.4, 0.5) is 0 Å². The molecule has 0 aliphatic carbocycles. The standard InChI is InChI=1S/C13H18N4O2S/c1-3-4-11-15-16-13(20)17(11)7-12(18)14-9(2)10-5-6-19-8-10/h5-6,8-9H,3-4,7H2,1-2H3,(H,14,18)(H,16,20)/t9-/m1/s1. The number of carbonyl (C=O) groups excluding carboxylic acids is 1. The molecule has 0 aliphatic rings. The maximum absolute atomic E-state index is 12.1. The number of H-pyrrole nitrogens is 1. The van der Waals surface area contributed by atoms with Crippen LogP contribution in [0.3, 0.4) is 0 Å². The van der Waals surface area contributed by atoms with Crippen molar-refractivity contribution in [2.45, 2.75) is 39.3 Å². The number of rotatable bonds is 6.